The van der Waals surface area contributed by atoms with Crippen LogP contribution in [0.15, 0.2) is 30.5 Å². The third kappa shape index (κ3) is 4.28. The molecule has 0 atom stereocenters. The lowest BCUT2D eigenvalue weighted by atomic mass is 9.94. The molecular formula is C19H23FN4O2. The molecule has 0 aromatic carbocycles. The Bertz CT molecular complexity index is 791. The van der Waals surface area contributed by atoms with Crippen LogP contribution in [0.1, 0.15) is 49.0 Å². The molecule has 6 nitrogen and oxygen atoms in total. The molecule has 2 aromatic heterocycles. The molecule has 0 bridgehead atoms. The van der Waals surface area contributed by atoms with E-state index >= 15 is 0 Å². The molecule has 7 heteroatoms. The van der Waals surface area contributed by atoms with Crippen LogP contribution >= 0.6 is 0 Å². The maximum absolute atomic E-state index is 14.0. The van der Waals surface area contributed by atoms with Gasteiger partial charge >= 0.3 is 0 Å². The quantitative estimate of drug-likeness (QED) is 0.818. The second kappa shape index (κ2) is 8.12. The zero-order valence-electron chi connectivity index (χ0n) is 14.8. The summed E-state index contributed by atoms with van der Waals surface area (Å²) < 4.78 is 19.0. The van der Waals surface area contributed by atoms with E-state index in [1.807, 2.05) is 0 Å². The Kier molecular flexibility index (Phi) is 5.65. The van der Waals surface area contributed by atoms with Gasteiger partial charge in [0.15, 0.2) is 5.82 Å². The number of nitrogens with zero attached hydrogens (tertiary/aromatic N) is 2. The van der Waals surface area contributed by atoms with Crippen molar-refractivity contribution in [1.29, 1.82) is 0 Å². The summed E-state index contributed by atoms with van der Waals surface area (Å²) in [7, 11) is 1.46. The number of amides is 1. The molecule has 0 aliphatic heterocycles. The maximum Gasteiger partial charge on any atom is 0.269 e. The number of nitrogens with one attached hydrogen (secondary N) is 2. The van der Waals surface area contributed by atoms with E-state index in [4.69, 9.17) is 4.74 Å². The SMILES string of the molecule is C=C1CCCC(NC(=O)c2cc(-c3cc(OC)ncc3F)n[nH]2)CCC1. The Balaban J connectivity index is 1.69. The Morgan fingerprint density at radius 3 is 2.77 bits per heavy atom. The van der Waals surface area contributed by atoms with Crippen LogP contribution < -0.4 is 10.1 Å². The monoisotopic (exact) mass is 358 g/mol. The number of carbonyl (C=O) groups is 1. The molecular weight excluding hydrogens is 335 g/mol. The van der Waals surface area contributed by atoms with Gasteiger partial charge in [0.1, 0.15) is 5.69 Å². The molecule has 1 amide bonds. The molecule has 0 unspecified atom stereocenters. The highest BCUT2D eigenvalue weighted by Gasteiger charge is 2.19. The van der Waals surface area contributed by atoms with Crippen molar-refractivity contribution in [3.05, 3.63) is 42.0 Å². The summed E-state index contributed by atoms with van der Waals surface area (Å²) in [6.45, 7) is 4.06. The minimum Gasteiger partial charge on any atom is -0.481 e. The summed E-state index contributed by atoms with van der Waals surface area (Å²) in [5, 5.41) is 9.80. The molecule has 26 heavy (non-hydrogen) atoms. The topological polar surface area (TPSA) is 79.9 Å². The number of ether oxygens (including phenoxy) is 1. The summed E-state index contributed by atoms with van der Waals surface area (Å²) in [4.78, 5) is 16.3. The van der Waals surface area contributed by atoms with E-state index in [2.05, 4.69) is 27.1 Å². The number of carbonyl (C=O) groups excluding carboxylic acids is 1. The van der Waals surface area contributed by atoms with Gasteiger partial charge in [0.25, 0.3) is 5.91 Å². The Morgan fingerprint density at radius 2 is 2.08 bits per heavy atom. The third-order valence-corrected chi connectivity index (χ3v) is 4.64. The summed E-state index contributed by atoms with van der Waals surface area (Å²) >= 11 is 0. The molecule has 2 N–H and O–H groups in total. The number of rotatable bonds is 4. The van der Waals surface area contributed by atoms with E-state index in [1.54, 1.807) is 0 Å². The van der Waals surface area contributed by atoms with Gasteiger partial charge in [0.2, 0.25) is 5.88 Å². The first-order chi connectivity index (χ1) is 12.6. The zero-order chi connectivity index (χ0) is 18.5. The molecule has 0 radical (unpaired) electrons. The number of pyridine rings is 1. The van der Waals surface area contributed by atoms with Crippen molar-refractivity contribution in [3.8, 4) is 17.1 Å². The van der Waals surface area contributed by atoms with E-state index in [1.165, 1.54) is 24.8 Å². The first-order valence-corrected chi connectivity index (χ1v) is 8.79. The Hall–Kier alpha value is -2.70. The number of H-pyrrole nitrogens is 1. The largest absolute Gasteiger partial charge is 0.481 e. The van der Waals surface area contributed by atoms with Gasteiger partial charge in [-0.05, 0) is 44.6 Å². The lowest BCUT2D eigenvalue weighted by Gasteiger charge is -2.21. The molecule has 1 aliphatic carbocycles. The normalized spacial score (nSPS) is 16.0. The number of halogens is 1. The summed E-state index contributed by atoms with van der Waals surface area (Å²) in [5.74, 6) is -0.467. The fourth-order valence-corrected chi connectivity index (χ4v) is 3.18. The van der Waals surface area contributed by atoms with Crippen molar-refractivity contribution in [3.63, 3.8) is 0 Å². The van der Waals surface area contributed by atoms with E-state index in [9.17, 15) is 9.18 Å². The Labute approximate surface area is 151 Å². The second-order valence-corrected chi connectivity index (χ2v) is 6.58. The predicted molar refractivity (Wildman–Crippen MR) is 96.4 cm³/mol. The second-order valence-electron chi connectivity index (χ2n) is 6.58. The highest BCUT2D eigenvalue weighted by molar-refractivity contribution is 5.93. The van der Waals surface area contributed by atoms with Crippen LogP contribution in [0.3, 0.4) is 0 Å². The standard InChI is InChI=1S/C19H23FN4O2/c1-12-5-3-7-13(8-4-6-12)22-19(25)17-10-16(23-24-17)14-9-18(26-2)21-11-15(14)20/h9-11,13H,1,3-8H2,2H3,(H,22,25)(H,23,24). The van der Waals surface area contributed by atoms with Crippen LogP contribution in [0.4, 0.5) is 4.39 Å². The van der Waals surface area contributed by atoms with Gasteiger partial charge < -0.3 is 10.1 Å². The van der Waals surface area contributed by atoms with E-state index < -0.39 is 5.82 Å². The van der Waals surface area contributed by atoms with Gasteiger partial charge in [-0.2, -0.15) is 5.10 Å². The van der Waals surface area contributed by atoms with E-state index in [-0.39, 0.29) is 23.4 Å². The predicted octanol–water partition coefficient (Wildman–Crippen LogP) is 3.63. The van der Waals surface area contributed by atoms with Crippen molar-refractivity contribution in [2.75, 3.05) is 7.11 Å². The lowest BCUT2D eigenvalue weighted by Crippen LogP contribution is -2.35. The molecule has 1 fully saturated rings. The molecule has 0 saturated heterocycles. The number of methoxy groups -OCH3 is 1. The van der Waals surface area contributed by atoms with Crippen LogP contribution in [-0.4, -0.2) is 34.2 Å². The molecule has 0 spiro atoms. The molecule has 138 valence electrons. The van der Waals surface area contributed by atoms with Crippen LogP contribution in [0.5, 0.6) is 5.88 Å². The third-order valence-electron chi connectivity index (χ3n) is 4.64. The first-order valence-electron chi connectivity index (χ1n) is 8.79. The molecule has 2 heterocycles. The maximum atomic E-state index is 14.0. The fraction of sp³-hybridized carbons (Fsp3) is 0.421. The van der Waals surface area contributed by atoms with Gasteiger partial charge in [-0.25, -0.2) is 9.37 Å². The number of aromatic nitrogens is 3. The average Bonchev–Trinajstić information content (AvgIpc) is 3.10. The van der Waals surface area contributed by atoms with Gasteiger partial charge in [-0.3, -0.25) is 9.89 Å². The number of hydrogen-bond acceptors (Lipinski definition) is 4. The molecule has 2 aromatic rings. The van der Waals surface area contributed by atoms with E-state index in [0.717, 1.165) is 44.7 Å². The molecule has 3 rings (SSSR count). The van der Waals surface area contributed by atoms with Crippen LogP contribution in [0.25, 0.3) is 11.3 Å². The average molecular weight is 358 g/mol. The molecule has 1 aliphatic rings. The lowest BCUT2D eigenvalue weighted by molar-refractivity contribution is 0.0926. The highest BCUT2D eigenvalue weighted by Crippen LogP contribution is 2.25. The summed E-state index contributed by atoms with van der Waals surface area (Å²) in [6, 6.07) is 3.13. The summed E-state index contributed by atoms with van der Waals surface area (Å²) in [6.07, 6.45) is 7.03. The highest BCUT2D eigenvalue weighted by atomic mass is 19.1. The fourth-order valence-electron chi connectivity index (χ4n) is 3.18. The van der Waals surface area contributed by atoms with Crippen LogP contribution in [0.2, 0.25) is 0 Å². The minimum atomic E-state index is -0.524. The van der Waals surface area contributed by atoms with Gasteiger partial charge in [-0.15, -0.1) is 0 Å². The van der Waals surface area contributed by atoms with Crippen molar-refractivity contribution in [2.24, 2.45) is 0 Å². The Morgan fingerprint density at radius 1 is 1.35 bits per heavy atom. The first kappa shape index (κ1) is 18.1. The summed E-state index contributed by atoms with van der Waals surface area (Å²) in [5.41, 5.74) is 2.17. The minimum absolute atomic E-state index is 0.139. The van der Waals surface area contributed by atoms with Crippen molar-refractivity contribution < 1.29 is 13.9 Å². The molecule has 1 saturated carbocycles. The number of allylic oxidation sites excluding steroid dienone is 1. The van der Waals surface area contributed by atoms with Crippen molar-refractivity contribution >= 4 is 5.91 Å². The van der Waals surface area contributed by atoms with Gasteiger partial charge in [0.05, 0.1) is 19.0 Å². The van der Waals surface area contributed by atoms with Crippen molar-refractivity contribution in [1.82, 2.24) is 20.5 Å². The van der Waals surface area contributed by atoms with Gasteiger partial charge in [0, 0.05) is 17.7 Å². The zero-order valence-corrected chi connectivity index (χ0v) is 14.8. The van der Waals surface area contributed by atoms with Gasteiger partial charge in [-0.1, -0.05) is 12.2 Å². The number of aromatic amines is 1. The smallest absolute Gasteiger partial charge is 0.269 e. The number of hydrogen-bond donors (Lipinski definition) is 2. The van der Waals surface area contributed by atoms with Crippen molar-refractivity contribution in [2.45, 2.75) is 44.6 Å². The van der Waals surface area contributed by atoms with E-state index in [0.29, 0.717) is 11.4 Å². The van der Waals surface area contributed by atoms with Crippen LogP contribution in [0, 0.1) is 5.82 Å². The van der Waals surface area contributed by atoms with Crippen LogP contribution in [-0.2, 0) is 0 Å².